The Morgan fingerprint density at radius 3 is 2.62 bits per heavy atom. The standard InChI is InChI=1S/C26H20N6/c1-16-5-8-28-17(2)25(16)20-10-21-22(14-30-26(21)29-13-20)18-6-9-32-24(11-18)23(15-31-32)19-4-3-7-27-12-19/h3-15H,1-2H3,(H,29,30). The van der Waals surface area contributed by atoms with Gasteiger partial charge in [-0.3, -0.25) is 9.97 Å². The van der Waals surface area contributed by atoms with Gasteiger partial charge < -0.3 is 4.98 Å². The molecule has 0 amide bonds. The molecule has 0 aromatic carbocycles. The van der Waals surface area contributed by atoms with E-state index in [2.05, 4.69) is 51.2 Å². The van der Waals surface area contributed by atoms with Gasteiger partial charge in [0.05, 0.1) is 11.7 Å². The number of hydrogen-bond acceptors (Lipinski definition) is 4. The molecule has 0 unspecified atom stereocenters. The monoisotopic (exact) mass is 416 g/mol. The zero-order valence-electron chi connectivity index (χ0n) is 17.7. The molecular weight excluding hydrogens is 396 g/mol. The topological polar surface area (TPSA) is 71.8 Å². The fourth-order valence-electron chi connectivity index (χ4n) is 4.40. The van der Waals surface area contributed by atoms with Crippen LogP contribution in [0.3, 0.4) is 0 Å². The molecule has 0 bridgehead atoms. The molecule has 0 aliphatic rings. The van der Waals surface area contributed by atoms with Crippen molar-refractivity contribution in [3.8, 4) is 33.4 Å². The van der Waals surface area contributed by atoms with Crippen LogP contribution >= 0.6 is 0 Å². The maximum Gasteiger partial charge on any atom is 0.137 e. The minimum atomic E-state index is 0.865. The predicted octanol–water partition coefficient (Wildman–Crippen LogP) is 5.62. The summed E-state index contributed by atoms with van der Waals surface area (Å²) in [4.78, 5) is 16.8. The van der Waals surface area contributed by atoms with Gasteiger partial charge in [0.15, 0.2) is 0 Å². The largest absolute Gasteiger partial charge is 0.346 e. The van der Waals surface area contributed by atoms with Crippen LogP contribution in [-0.4, -0.2) is 29.5 Å². The summed E-state index contributed by atoms with van der Waals surface area (Å²) >= 11 is 0. The molecule has 0 aliphatic heterocycles. The fourth-order valence-corrected chi connectivity index (χ4v) is 4.40. The van der Waals surface area contributed by atoms with Gasteiger partial charge in [-0.15, -0.1) is 0 Å². The van der Waals surface area contributed by atoms with Crippen LogP contribution in [0.1, 0.15) is 11.3 Å². The quantitative estimate of drug-likeness (QED) is 0.406. The van der Waals surface area contributed by atoms with Gasteiger partial charge in [0.2, 0.25) is 0 Å². The van der Waals surface area contributed by atoms with Crippen molar-refractivity contribution in [2.24, 2.45) is 0 Å². The predicted molar refractivity (Wildman–Crippen MR) is 126 cm³/mol. The molecule has 0 fully saturated rings. The Bertz CT molecular complexity index is 1570. The maximum absolute atomic E-state index is 4.69. The second-order valence-electron chi connectivity index (χ2n) is 7.96. The van der Waals surface area contributed by atoms with Crippen LogP contribution in [0.2, 0.25) is 0 Å². The Labute approximate surface area is 184 Å². The number of hydrogen-bond donors (Lipinski definition) is 1. The summed E-state index contributed by atoms with van der Waals surface area (Å²) in [6.07, 6.45) is 13.3. The lowest BCUT2D eigenvalue weighted by atomic mass is 9.98. The summed E-state index contributed by atoms with van der Waals surface area (Å²) in [6, 6.07) is 12.5. The molecule has 0 saturated carbocycles. The van der Waals surface area contributed by atoms with Gasteiger partial charge in [-0.2, -0.15) is 5.10 Å². The van der Waals surface area contributed by atoms with Crippen LogP contribution in [0, 0.1) is 13.8 Å². The first kappa shape index (κ1) is 18.4. The summed E-state index contributed by atoms with van der Waals surface area (Å²) < 4.78 is 1.90. The van der Waals surface area contributed by atoms with E-state index in [1.165, 1.54) is 5.56 Å². The molecule has 0 saturated heterocycles. The van der Waals surface area contributed by atoms with E-state index in [-0.39, 0.29) is 0 Å². The maximum atomic E-state index is 4.69. The number of aryl methyl sites for hydroxylation is 2. The first-order valence-electron chi connectivity index (χ1n) is 10.5. The van der Waals surface area contributed by atoms with E-state index in [9.17, 15) is 0 Å². The zero-order valence-corrected chi connectivity index (χ0v) is 17.7. The first-order valence-corrected chi connectivity index (χ1v) is 10.5. The molecule has 6 rings (SSSR count). The van der Waals surface area contributed by atoms with Crippen molar-refractivity contribution in [1.82, 2.24) is 29.5 Å². The molecule has 0 aliphatic carbocycles. The van der Waals surface area contributed by atoms with Crippen LogP contribution in [0.5, 0.6) is 0 Å². The summed E-state index contributed by atoms with van der Waals surface area (Å²) in [5.74, 6) is 0. The van der Waals surface area contributed by atoms with E-state index in [1.54, 1.807) is 6.20 Å². The van der Waals surface area contributed by atoms with Crippen molar-refractivity contribution in [2.45, 2.75) is 13.8 Å². The lowest BCUT2D eigenvalue weighted by Crippen LogP contribution is -1.92. The molecule has 0 spiro atoms. The van der Waals surface area contributed by atoms with Gasteiger partial charge in [-0.1, -0.05) is 6.07 Å². The van der Waals surface area contributed by atoms with Gasteiger partial charge in [0.1, 0.15) is 5.65 Å². The molecule has 0 atom stereocenters. The Morgan fingerprint density at radius 2 is 1.78 bits per heavy atom. The molecule has 6 aromatic rings. The summed E-state index contributed by atoms with van der Waals surface area (Å²) in [5.41, 5.74) is 10.6. The van der Waals surface area contributed by atoms with Crippen LogP contribution in [-0.2, 0) is 0 Å². The molecule has 0 radical (unpaired) electrons. The van der Waals surface area contributed by atoms with Crippen LogP contribution in [0.4, 0.5) is 0 Å². The van der Waals surface area contributed by atoms with Crippen LogP contribution < -0.4 is 0 Å². The zero-order chi connectivity index (χ0) is 21.7. The normalized spacial score (nSPS) is 11.4. The molecular formula is C26H20N6. The van der Waals surface area contributed by atoms with Gasteiger partial charge in [0, 0.05) is 76.1 Å². The average Bonchev–Trinajstić information content (AvgIpc) is 3.43. The average molecular weight is 416 g/mol. The Balaban J connectivity index is 1.53. The van der Waals surface area contributed by atoms with E-state index >= 15 is 0 Å². The van der Waals surface area contributed by atoms with E-state index in [0.717, 1.165) is 55.6 Å². The van der Waals surface area contributed by atoms with Crippen molar-refractivity contribution in [2.75, 3.05) is 0 Å². The molecule has 154 valence electrons. The third kappa shape index (κ3) is 2.88. The SMILES string of the molecule is Cc1ccnc(C)c1-c1cnc2[nH]cc(-c3ccn4ncc(-c5cccnc5)c4c3)c2c1. The molecule has 6 heterocycles. The van der Waals surface area contributed by atoms with Crippen LogP contribution in [0.15, 0.2) is 79.8 Å². The Hall–Kier alpha value is -4.32. The molecule has 6 heteroatoms. The highest BCUT2D eigenvalue weighted by Gasteiger charge is 2.14. The fraction of sp³-hybridized carbons (Fsp3) is 0.0769. The van der Waals surface area contributed by atoms with Gasteiger partial charge in [-0.25, -0.2) is 9.50 Å². The third-order valence-electron chi connectivity index (χ3n) is 5.97. The minimum Gasteiger partial charge on any atom is -0.346 e. The van der Waals surface area contributed by atoms with Crippen molar-refractivity contribution in [3.05, 3.63) is 91.0 Å². The number of aromatic nitrogens is 6. The smallest absolute Gasteiger partial charge is 0.137 e. The number of nitrogens with one attached hydrogen (secondary N) is 1. The van der Waals surface area contributed by atoms with Crippen LogP contribution in [0.25, 0.3) is 49.9 Å². The van der Waals surface area contributed by atoms with Gasteiger partial charge in [-0.05, 0) is 55.3 Å². The number of fused-ring (bicyclic) bond motifs is 2. The third-order valence-corrected chi connectivity index (χ3v) is 5.97. The van der Waals surface area contributed by atoms with Crippen molar-refractivity contribution >= 4 is 16.6 Å². The van der Waals surface area contributed by atoms with E-state index < -0.39 is 0 Å². The number of pyridine rings is 4. The second-order valence-corrected chi connectivity index (χ2v) is 7.96. The highest BCUT2D eigenvalue weighted by Crippen LogP contribution is 2.34. The minimum absolute atomic E-state index is 0.865. The van der Waals surface area contributed by atoms with Gasteiger partial charge in [0.25, 0.3) is 0 Å². The highest BCUT2D eigenvalue weighted by molar-refractivity contribution is 5.97. The van der Waals surface area contributed by atoms with E-state index in [0.29, 0.717) is 0 Å². The number of rotatable bonds is 3. The van der Waals surface area contributed by atoms with Crippen molar-refractivity contribution in [3.63, 3.8) is 0 Å². The summed E-state index contributed by atoms with van der Waals surface area (Å²) in [5, 5.41) is 5.60. The summed E-state index contributed by atoms with van der Waals surface area (Å²) in [7, 11) is 0. The molecule has 6 aromatic heterocycles. The van der Waals surface area contributed by atoms with E-state index in [4.69, 9.17) is 4.98 Å². The second kappa shape index (κ2) is 7.13. The van der Waals surface area contributed by atoms with Crippen molar-refractivity contribution < 1.29 is 0 Å². The Kier molecular flexibility index (Phi) is 4.11. The highest BCUT2D eigenvalue weighted by atomic mass is 15.2. The molecule has 6 nitrogen and oxygen atoms in total. The van der Waals surface area contributed by atoms with Crippen molar-refractivity contribution in [1.29, 1.82) is 0 Å². The molecule has 32 heavy (non-hydrogen) atoms. The lowest BCUT2D eigenvalue weighted by Gasteiger charge is -2.09. The number of nitrogens with zero attached hydrogens (tertiary/aromatic N) is 5. The molecule has 1 N–H and O–H groups in total. The van der Waals surface area contributed by atoms with Gasteiger partial charge >= 0.3 is 0 Å². The van der Waals surface area contributed by atoms with E-state index in [1.807, 2.05) is 60.8 Å². The number of aromatic amines is 1. The first-order chi connectivity index (χ1) is 15.7. The number of H-pyrrole nitrogens is 1. The lowest BCUT2D eigenvalue weighted by molar-refractivity contribution is 0.962. The summed E-state index contributed by atoms with van der Waals surface area (Å²) in [6.45, 7) is 4.15. The Morgan fingerprint density at radius 1 is 0.844 bits per heavy atom.